The molecule has 0 aliphatic carbocycles. The van der Waals surface area contributed by atoms with Gasteiger partial charge in [-0.05, 0) is 34.1 Å². The van der Waals surface area contributed by atoms with Crippen molar-refractivity contribution in [2.75, 3.05) is 20.3 Å². The van der Waals surface area contributed by atoms with E-state index in [0.717, 1.165) is 6.42 Å². The van der Waals surface area contributed by atoms with E-state index >= 15 is 0 Å². The molecule has 0 radical (unpaired) electrons. The minimum Gasteiger partial charge on any atom is -0.385 e. The summed E-state index contributed by atoms with van der Waals surface area (Å²) >= 11 is 0. The molecular weight excluding hydrogens is 208 g/mol. The fourth-order valence-corrected chi connectivity index (χ4v) is 0.900. The highest BCUT2D eigenvalue weighted by Gasteiger charge is 2.16. The van der Waals surface area contributed by atoms with Crippen LogP contribution in [0, 0.1) is 0 Å². The Bertz CT molecular complexity index is 202. The van der Waals surface area contributed by atoms with Gasteiger partial charge in [0, 0.05) is 20.3 Å². The van der Waals surface area contributed by atoms with Crippen LogP contribution in [-0.2, 0) is 14.4 Å². The molecule has 5 heteroatoms. The molecule has 5 nitrogen and oxygen atoms in total. The predicted octanol–water partition coefficient (Wildman–Crippen LogP) is 0.847. The van der Waals surface area contributed by atoms with E-state index in [2.05, 4.69) is 10.8 Å². The standard InChI is InChI=1S/C11H24N2O3/c1-9(13-16-11(2,3)4)10(14)12-7-6-8-15-5/h9,13H,6-8H2,1-5H3,(H,12,14). The normalized spacial score (nSPS) is 13.6. The molecule has 0 saturated carbocycles. The molecule has 0 rings (SSSR count). The predicted molar refractivity (Wildman–Crippen MR) is 62.9 cm³/mol. The van der Waals surface area contributed by atoms with Gasteiger partial charge in [-0.1, -0.05) is 0 Å². The van der Waals surface area contributed by atoms with Gasteiger partial charge in [-0.2, -0.15) is 5.48 Å². The molecule has 0 spiro atoms. The monoisotopic (exact) mass is 232 g/mol. The van der Waals surface area contributed by atoms with Gasteiger partial charge in [0.05, 0.1) is 5.60 Å². The summed E-state index contributed by atoms with van der Waals surface area (Å²) in [7, 11) is 1.64. The zero-order valence-corrected chi connectivity index (χ0v) is 10.9. The van der Waals surface area contributed by atoms with Gasteiger partial charge in [0.15, 0.2) is 0 Å². The fourth-order valence-electron chi connectivity index (χ4n) is 0.900. The van der Waals surface area contributed by atoms with Crippen molar-refractivity contribution in [3.05, 3.63) is 0 Å². The lowest BCUT2D eigenvalue weighted by Gasteiger charge is -2.22. The van der Waals surface area contributed by atoms with Gasteiger partial charge >= 0.3 is 0 Å². The molecule has 0 aromatic carbocycles. The van der Waals surface area contributed by atoms with Gasteiger partial charge in [-0.15, -0.1) is 0 Å². The molecule has 0 saturated heterocycles. The molecule has 1 unspecified atom stereocenters. The molecule has 0 aliphatic heterocycles. The van der Waals surface area contributed by atoms with Crippen LogP contribution in [0.25, 0.3) is 0 Å². The quantitative estimate of drug-likeness (QED) is 0.504. The van der Waals surface area contributed by atoms with Crippen LogP contribution in [-0.4, -0.2) is 37.8 Å². The Morgan fingerprint density at radius 3 is 2.50 bits per heavy atom. The topological polar surface area (TPSA) is 59.6 Å². The summed E-state index contributed by atoms with van der Waals surface area (Å²) in [6, 6.07) is -0.359. The highest BCUT2D eigenvalue weighted by molar-refractivity contribution is 5.81. The molecular formula is C11H24N2O3. The lowest BCUT2D eigenvalue weighted by atomic mass is 10.2. The minimum absolute atomic E-state index is 0.0691. The SMILES string of the molecule is COCCCNC(=O)C(C)NOC(C)(C)C. The fraction of sp³-hybridized carbons (Fsp3) is 0.909. The molecule has 0 fully saturated rings. The summed E-state index contributed by atoms with van der Waals surface area (Å²) in [5, 5.41) is 2.79. The van der Waals surface area contributed by atoms with Gasteiger partial charge in [0.1, 0.15) is 6.04 Å². The van der Waals surface area contributed by atoms with Crippen LogP contribution in [0.3, 0.4) is 0 Å². The van der Waals surface area contributed by atoms with Crippen LogP contribution in [0.5, 0.6) is 0 Å². The zero-order valence-electron chi connectivity index (χ0n) is 10.9. The summed E-state index contributed by atoms with van der Waals surface area (Å²) in [5.41, 5.74) is 2.42. The first-order valence-corrected chi connectivity index (χ1v) is 5.57. The highest BCUT2D eigenvalue weighted by Crippen LogP contribution is 2.04. The number of carbonyl (C=O) groups excluding carboxylic acids is 1. The first-order chi connectivity index (χ1) is 7.37. The zero-order chi connectivity index (χ0) is 12.6. The number of hydrogen-bond acceptors (Lipinski definition) is 4. The third-order valence-corrected chi connectivity index (χ3v) is 1.76. The Balaban J connectivity index is 3.65. The maximum atomic E-state index is 11.5. The van der Waals surface area contributed by atoms with E-state index < -0.39 is 0 Å². The van der Waals surface area contributed by atoms with Gasteiger partial charge in [0.25, 0.3) is 0 Å². The van der Waals surface area contributed by atoms with Crippen molar-refractivity contribution in [1.82, 2.24) is 10.8 Å². The van der Waals surface area contributed by atoms with E-state index in [9.17, 15) is 4.79 Å². The smallest absolute Gasteiger partial charge is 0.239 e. The maximum Gasteiger partial charge on any atom is 0.239 e. The van der Waals surface area contributed by atoms with Crippen molar-refractivity contribution in [1.29, 1.82) is 0 Å². The van der Waals surface area contributed by atoms with Gasteiger partial charge in [0.2, 0.25) is 5.91 Å². The Morgan fingerprint density at radius 1 is 1.38 bits per heavy atom. The molecule has 0 aromatic rings. The largest absolute Gasteiger partial charge is 0.385 e. The number of hydrogen-bond donors (Lipinski definition) is 2. The molecule has 0 bridgehead atoms. The summed E-state index contributed by atoms with van der Waals surface area (Å²) in [6.45, 7) is 8.79. The molecule has 16 heavy (non-hydrogen) atoms. The van der Waals surface area contributed by atoms with Crippen LogP contribution in [0.15, 0.2) is 0 Å². The first kappa shape index (κ1) is 15.3. The Morgan fingerprint density at radius 2 is 2.00 bits per heavy atom. The second-order valence-corrected chi connectivity index (χ2v) is 4.69. The van der Waals surface area contributed by atoms with E-state index in [1.165, 1.54) is 0 Å². The average molecular weight is 232 g/mol. The summed E-state index contributed by atoms with van der Waals surface area (Å²) < 4.78 is 4.88. The summed E-state index contributed by atoms with van der Waals surface area (Å²) in [6.07, 6.45) is 0.815. The Labute approximate surface area is 97.8 Å². The number of hydroxylamine groups is 1. The average Bonchev–Trinajstić information content (AvgIpc) is 2.19. The summed E-state index contributed by atoms with van der Waals surface area (Å²) in [5.74, 6) is -0.0691. The van der Waals surface area contributed by atoms with Gasteiger partial charge in [-0.3, -0.25) is 9.63 Å². The lowest BCUT2D eigenvalue weighted by molar-refractivity contribution is -0.133. The van der Waals surface area contributed by atoms with Crippen molar-refractivity contribution in [3.63, 3.8) is 0 Å². The van der Waals surface area contributed by atoms with Crippen molar-refractivity contribution in [2.45, 2.75) is 45.8 Å². The Hall–Kier alpha value is -0.650. The second kappa shape index (κ2) is 7.60. The van der Waals surface area contributed by atoms with E-state index in [0.29, 0.717) is 13.2 Å². The number of rotatable bonds is 7. The molecule has 1 amide bonds. The molecule has 0 heterocycles. The van der Waals surface area contributed by atoms with Crippen LogP contribution < -0.4 is 10.8 Å². The summed E-state index contributed by atoms with van der Waals surface area (Å²) in [4.78, 5) is 16.8. The van der Waals surface area contributed by atoms with Gasteiger partial charge < -0.3 is 10.1 Å². The van der Waals surface area contributed by atoms with Crippen molar-refractivity contribution in [2.24, 2.45) is 0 Å². The van der Waals surface area contributed by atoms with E-state index in [1.807, 2.05) is 20.8 Å². The maximum absolute atomic E-state index is 11.5. The third-order valence-electron chi connectivity index (χ3n) is 1.76. The molecule has 96 valence electrons. The first-order valence-electron chi connectivity index (χ1n) is 5.57. The van der Waals surface area contributed by atoms with Crippen LogP contribution >= 0.6 is 0 Å². The van der Waals surface area contributed by atoms with E-state index in [4.69, 9.17) is 9.57 Å². The highest BCUT2D eigenvalue weighted by atomic mass is 16.7. The van der Waals surface area contributed by atoms with E-state index in [1.54, 1.807) is 14.0 Å². The van der Waals surface area contributed by atoms with Crippen LogP contribution in [0.1, 0.15) is 34.1 Å². The van der Waals surface area contributed by atoms with Crippen molar-refractivity contribution in [3.8, 4) is 0 Å². The van der Waals surface area contributed by atoms with Crippen LogP contribution in [0.2, 0.25) is 0 Å². The number of nitrogens with one attached hydrogen (secondary N) is 2. The van der Waals surface area contributed by atoms with Crippen LogP contribution in [0.4, 0.5) is 0 Å². The number of ether oxygens (including phenoxy) is 1. The molecule has 0 aromatic heterocycles. The van der Waals surface area contributed by atoms with Crippen molar-refractivity contribution >= 4 is 5.91 Å². The van der Waals surface area contributed by atoms with Crippen molar-refractivity contribution < 1.29 is 14.4 Å². The Kier molecular flexibility index (Phi) is 7.29. The molecule has 2 N–H and O–H groups in total. The van der Waals surface area contributed by atoms with E-state index in [-0.39, 0.29) is 17.6 Å². The number of carbonyl (C=O) groups is 1. The number of amides is 1. The lowest BCUT2D eigenvalue weighted by Crippen LogP contribution is -2.45. The third kappa shape index (κ3) is 8.64. The van der Waals surface area contributed by atoms with Gasteiger partial charge in [-0.25, -0.2) is 0 Å². The number of methoxy groups -OCH3 is 1. The molecule has 0 aliphatic rings. The minimum atomic E-state index is -0.359. The second-order valence-electron chi connectivity index (χ2n) is 4.69. The molecule has 1 atom stereocenters.